The fraction of sp³-hybridized carbons (Fsp3) is 0.182. The molecular formula is C22H22N4. The maximum absolute atomic E-state index is 6.24. The molecule has 4 nitrogen and oxygen atoms in total. The van der Waals surface area contributed by atoms with Crippen molar-refractivity contribution < 1.29 is 0 Å². The lowest BCUT2D eigenvalue weighted by atomic mass is 9.87. The molecule has 1 unspecified atom stereocenters. The van der Waals surface area contributed by atoms with Crippen molar-refractivity contribution in [3.63, 3.8) is 0 Å². The quantitative estimate of drug-likeness (QED) is 0.906. The van der Waals surface area contributed by atoms with Gasteiger partial charge in [-0.05, 0) is 29.6 Å². The second kappa shape index (κ2) is 6.64. The molecule has 0 radical (unpaired) electrons. The first-order valence-electron chi connectivity index (χ1n) is 8.92. The predicted molar refractivity (Wildman–Crippen MR) is 105 cm³/mol. The van der Waals surface area contributed by atoms with Gasteiger partial charge in [0.05, 0.1) is 12.2 Å². The van der Waals surface area contributed by atoms with Gasteiger partial charge in [0.15, 0.2) is 0 Å². The van der Waals surface area contributed by atoms with Gasteiger partial charge in [-0.25, -0.2) is 4.68 Å². The van der Waals surface area contributed by atoms with Crippen LogP contribution in [0.5, 0.6) is 0 Å². The van der Waals surface area contributed by atoms with Crippen molar-refractivity contribution in [3.8, 4) is 11.3 Å². The number of benzene rings is 1. The van der Waals surface area contributed by atoms with E-state index in [2.05, 4.69) is 60.2 Å². The lowest BCUT2D eigenvalue weighted by molar-refractivity contribution is 0.502. The van der Waals surface area contributed by atoms with Crippen LogP contribution in [0.3, 0.4) is 0 Å². The smallest absolute Gasteiger partial charge is 0.113 e. The van der Waals surface area contributed by atoms with E-state index in [0.29, 0.717) is 0 Å². The summed E-state index contributed by atoms with van der Waals surface area (Å²) in [6.45, 7) is 6.31. The van der Waals surface area contributed by atoms with E-state index in [9.17, 15) is 0 Å². The van der Waals surface area contributed by atoms with Crippen LogP contribution in [0.1, 0.15) is 24.9 Å². The predicted octanol–water partition coefficient (Wildman–Crippen LogP) is 4.27. The van der Waals surface area contributed by atoms with Gasteiger partial charge < -0.3 is 5.73 Å². The third kappa shape index (κ3) is 2.84. The zero-order valence-electron chi connectivity index (χ0n) is 14.9. The summed E-state index contributed by atoms with van der Waals surface area (Å²) in [5.41, 5.74) is 13.4. The minimum atomic E-state index is 0.0707. The van der Waals surface area contributed by atoms with Crippen molar-refractivity contribution in [1.82, 2.24) is 15.0 Å². The van der Waals surface area contributed by atoms with E-state index in [4.69, 9.17) is 5.73 Å². The van der Waals surface area contributed by atoms with Crippen LogP contribution in [0.4, 0.5) is 0 Å². The Balaban J connectivity index is 1.70. The number of rotatable bonds is 3. The van der Waals surface area contributed by atoms with Gasteiger partial charge >= 0.3 is 0 Å². The van der Waals surface area contributed by atoms with Gasteiger partial charge in [-0.2, -0.15) is 0 Å². The largest absolute Gasteiger partial charge is 0.398 e. The monoisotopic (exact) mass is 342 g/mol. The molecule has 0 fully saturated rings. The average molecular weight is 342 g/mol. The van der Waals surface area contributed by atoms with E-state index in [0.717, 1.165) is 46.5 Å². The number of hydrogen-bond donors (Lipinski definition) is 1. The van der Waals surface area contributed by atoms with Crippen LogP contribution in [0, 0.1) is 0 Å². The maximum atomic E-state index is 6.24. The highest BCUT2D eigenvalue weighted by molar-refractivity contribution is 5.60. The van der Waals surface area contributed by atoms with Crippen LogP contribution in [0.15, 0.2) is 89.8 Å². The van der Waals surface area contributed by atoms with Crippen LogP contribution in [-0.2, 0) is 6.42 Å². The normalized spacial score (nSPS) is 19.3. The number of allylic oxidation sites excluding steroid dienone is 7. The molecule has 0 saturated heterocycles. The fourth-order valence-electron chi connectivity index (χ4n) is 3.50. The highest BCUT2D eigenvalue weighted by atomic mass is 15.4. The van der Waals surface area contributed by atoms with Gasteiger partial charge in [0, 0.05) is 16.8 Å². The van der Waals surface area contributed by atoms with Crippen molar-refractivity contribution in [3.05, 3.63) is 95.4 Å². The Kier molecular flexibility index (Phi) is 4.17. The lowest BCUT2D eigenvalue weighted by Crippen LogP contribution is -2.19. The van der Waals surface area contributed by atoms with E-state index < -0.39 is 0 Å². The average Bonchev–Trinajstić information content (AvgIpc) is 3.06. The van der Waals surface area contributed by atoms with Gasteiger partial charge in [-0.3, -0.25) is 0 Å². The molecule has 2 aliphatic rings. The number of hydrogen-bond acceptors (Lipinski definition) is 3. The minimum absolute atomic E-state index is 0.0707. The molecule has 26 heavy (non-hydrogen) atoms. The van der Waals surface area contributed by atoms with Crippen LogP contribution >= 0.6 is 0 Å². The van der Waals surface area contributed by atoms with Crippen molar-refractivity contribution in [2.75, 3.05) is 0 Å². The summed E-state index contributed by atoms with van der Waals surface area (Å²) < 4.78 is 1.93. The standard InChI is InChI=1S/C22H22N4/c1-3-16-8-10-17(11-9-16)20-14-26(25-24-20)21-13-12-19(23)22-15(2)6-4-5-7-18(21)22/h4-12,14,21H,2-3,13,23H2,1H3. The van der Waals surface area contributed by atoms with Gasteiger partial charge in [-0.15, -0.1) is 5.10 Å². The molecule has 130 valence electrons. The Morgan fingerprint density at radius 2 is 1.96 bits per heavy atom. The molecule has 0 aliphatic heterocycles. The van der Waals surface area contributed by atoms with Crippen LogP contribution < -0.4 is 5.73 Å². The van der Waals surface area contributed by atoms with E-state index in [-0.39, 0.29) is 6.04 Å². The van der Waals surface area contributed by atoms with Crippen LogP contribution in [0.2, 0.25) is 0 Å². The fourth-order valence-corrected chi connectivity index (χ4v) is 3.50. The SMILES string of the molecule is C=C1C=CC=CC2=C1C(N)=CCC2n1cc(-c2ccc(CC)cc2)nn1. The molecule has 2 aliphatic carbocycles. The topological polar surface area (TPSA) is 56.7 Å². The number of nitrogens with zero attached hydrogens (tertiary/aromatic N) is 3. The second-order valence-corrected chi connectivity index (χ2v) is 6.62. The van der Waals surface area contributed by atoms with Crippen molar-refractivity contribution in [2.45, 2.75) is 25.8 Å². The van der Waals surface area contributed by atoms with E-state index in [1.165, 1.54) is 5.56 Å². The molecule has 0 spiro atoms. The summed E-state index contributed by atoms with van der Waals surface area (Å²) in [4.78, 5) is 0. The third-order valence-electron chi connectivity index (χ3n) is 4.99. The molecule has 1 aromatic carbocycles. The summed E-state index contributed by atoms with van der Waals surface area (Å²) in [5.74, 6) is 0. The molecule has 1 aromatic heterocycles. The number of aromatic nitrogens is 3. The van der Waals surface area contributed by atoms with Crippen molar-refractivity contribution in [2.24, 2.45) is 5.73 Å². The summed E-state index contributed by atoms with van der Waals surface area (Å²) in [6, 6.07) is 8.56. The Bertz CT molecular complexity index is 968. The highest BCUT2D eigenvalue weighted by Gasteiger charge is 2.26. The first kappa shape index (κ1) is 16.3. The zero-order chi connectivity index (χ0) is 18.1. The minimum Gasteiger partial charge on any atom is -0.398 e. The molecule has 1 atom stereocenters. The van der Waals surface area contributed by atoms with Crippen LogP contribution in [0.25, 0.3) is 11.3 Å². The summed E-state index contributed by atoms with van der Waals surface area (Å²) in [6.07, 6.45) is 14.0. The van der Waals surface area contributed by atoms with E-state index in [1.54, 1.807) is 0 Å². The first-order valence-corrected chi connectivity index (χ1v) is 8.92. The van der Waals surface area contributed by atoms with Gasteiger partial charge in [-0.1, -0.05) is 73.4 Å². The molecule has 1 heterocycles. The molecule has 4 heteroatoms. The number of aryl methyl sites for hydroxylation is 1. The van der Waals surface area contributed by atoms with Gasteiger partial charge in [0.1, 0.15) is 5.69 Å². The third-order valence-corrected chi connectivity index (χ3v) is 4.99. The highest BCUT2D eigenvalue weighted by Crippen LogP contribution is 2.37. The molecule has 4 rings (SSSR count). The first-order chi connectivity index (χ1) is 12.7. The molecule has 0 bridgehead atoms. The Morgan fingerprint density at radius 1 is 1.19 bits per heavy atom. The Hall–Kier alpha value is -3.14. The molecule has 2 aromatic rings. The molecular weight excluding hydrogens is 320 g/mol. The van der Waals surface area contributed by atoms with E-state index in [1.807, 2.05) is 29.1 Å². The van der Waals surface area contributed by atoms with E-state index >= 15 is 0 Å². The Labute approximate surface area is 153 Å². The Morgan fingerprint density at radius 3 is 2.73 bits per heavy atom. The summed E-state index contributed by atoms with van der Waals surface area (Å²) in [7, 11) is 0. The van der Waals surface area contributed by atoms with Crippen molar-refractivity contribution in [1.29, 1.82) is 0 Å². The maximum Gasteiger partial charge on any atom is 0.113 e. The summed E-state index contributed by atoms with van der Waals surface area (Å²) in [5, 5.41) is 8.80. The molecule has 2 N–H and O–H groups in total. The van der Waals surface area contributed by atoms with Crippen molar-refractivity contribution >= 4 is 0 Å². The zero-order valence-corrected chi connectivity index (χ0v) is 14.9. The molecule has 0 saturated carbocycles. The molecule has 0 amide bonds. The van der Waals surface area contributed by atoms with Gasteiger partial charge in [0.2, 0.25) is 0 Å². The van der Waals surface area contributed by atoms with Gasteiger partial charge in [0.25, 0.3) is 0 Å². The number of nitrogens with two attached hydrogens (primary N) is 1. The van der Waals surface area contributed by atoms with Crippen LogP contribution in [-0.4, -0.2) is 15.0 Å². The summed E-state index contributed by atoms with van der Waals surface area (Å²) >= 11 is 0. The second-order valence-electron chi connectivity index (χ2n) is 6.62. The lowest BCUT2D eigenvalue weighted by Gasteiger charge is -2.25.